The van der Waals surface area contributed by atoms with Gasteiger partial charge in [0, 0.05) is 11.1 Å². The molecule has 0 spiro atoms. The second-order valence-corrected chi connectivity index (χ2v) is 3.61. The average molecular weight is 241 g/mol. The molecule has 2 rings (SSSR count). The van der Waals surface area contributed by atoms with E-state index in [4.69, 9.17) is 4.74 Å². The van der Waals surface area contributed by atoms with Crippen LogP contribution in [0.15, 0.2) is 6.07 Å². The van der Waals surface area contributed by atoms with Crippen LogP contribution in [0, 0.1) is 6.92 Å². The number of nitrogens with one attached hydrogen (secondary N) is 1. The molecule has 5 nitrogen and oxygen atoms in total. The van der Waals surface area contributed by atoms with Crippen LogP contribution in [0.4, 0.5) is 10.2 Å². The van der Waals surface area contributed by atoms with Crippen molar-refractivity contribution < 1.29 is 23.7 Å². The molecule has 0 fully saturated rings. The van der Waals surface area contributed by atoms with E-state index >= 15 is 0 Å². The number of esters is 1. The third kappa shape index (κ3) is 1.86. The van der Waals surface area contributed by atoms with E-state index in [1.165, 1.54) is 13.2 Å². The van der Waals surface area contributed by atoms with Gasteiger partial charge < -0.3 is 14.8 Å². The van der Waals surface area contributed by atoms with E-state index in [2.05, 4.69) is 15.0 Å². The van der Waals surface area contributed by atoms with Gasteiger partial charge >= 0.3 is 5.97 Å². The molecule has 1 heterocycles. The fourth-order valence-electron chi connectivity index (χ4n) is 1.83. The molecule has 0 amide bonds. The third-order valence-electron chi connectivity index (χ3n) is 2.57. The second-order valence-electron chi connectivity index (χ2n) is 3.61. The van der Waals surface area contributed by atoms with Gasteiger partial charge in [0.05, 0.1) is 18.4 Å². The predicted molar refractivity (Wildman–Crippen MR) is 58.2 cm³/mol. The van der Waals surface area contributed by atoms with Crippen molar-refractivity contribution in [2.75, 3.05) is 25.6 Å². The fourth-order valence-corrected chi connectivity index (χ4v) is 1.83. The van der Waals surface area contributed by atoms with Crippen LogP contribution in [0.1, 0.15) is 15.9 Å². The van der Waals surface area contributed by atoms with Crippen LogP contribution in [0.25, 0.3) is 0 Å². The average Bonchev–Trinajstić information content (AvgIpc) is 2.37. The summed E-state index contributed by atoms with van der Waals surface area (Å²) in [7, 11) is 1.29. The molecule has 0 saturated carbocycles. The monoisotopic (exact) mass is 241 g/mol. The van der Waals surface area contributed by atoms with Gasteiger partial charge in [-0.3, -0.25) is 4.94 Å². The van der Waals surface area contributed by atoms with Crippen LogP contribution in [0.2, 0.25) is 0 Å². The SMILES string of the molecule is COC(=O)c1c(C)cc(OF)c2c1NCCO2. The number of rotatable bonds is 2. The van der Waals surface area contributed by atoms with Crippen molar-refractivity contribution in [3.63, 3.8) is 0 Å². The number of carbonyl (C=O) groups excluding carboxylic acids is 1. The maximum Gasteiger partial charge on any atom is 0.340 e. The number of benzene rings is 1. The quantitative estimate of drug-likeness (QED) is 0.801. The Labute approximate surface area is 97.4 Å². The van der Waals surface area contributed by atoms with Crippen LogP contribution in [-0.4, -0.2) is 26.2 Å². The normalized spacial score (nSPS) is 13.1. The first-order valence-corrected chi connectivity index (χ1v) is 5.10. The van der Waals surface area contributed by atoms with Gasteiger partial charge in [0.15, 0.2) is 5.75 Å². The standard InChI is InChI=1S/C11H12FNO4/c1-6-5-7(17-12)10-9(13-3-4-16-10)8(6)11(14)15-2/h5,13H,3-4H2,1-2H3. The topological polar surface area (TPSA) is 56.8 Å². The van der Waals surface area contributed by atoms with E-state index in [9.17, 15) is 9.32 Å². The molecule has 0 aromatic heterocycles. The van der Waals surface area contributed by atoms with Gasteiger partial charge in [0.2, 0.25) is 5.75 Å². The minimum Gasteiger partial charge on any atom is -0.486 e. The number of ether oxygens (including phenoxy) is 2. The van der Waals surface area contributed by atoms with Gasteiger partial charge in [0.1, 0.15) is 6.61 Å². The van der Waals surface area contributed by atoms with Gasteiger partial charge in [-0.25, -0.2) is 4.79 Å². The van der Waals surface area contributed by atoms with Crippen LogP contribution in [0.5, 0.6) is 11.5 Å². The van der Waals surface area contributed by atoms with E-state index in [0.29, 0.717) is 30.0 Å². The third-order valence-corrected chi connectivity index (χ3v) is 2.57. The Balaban J connectivity index is 2.63. The number of fused-ring (bicyclic) bond motifs is 1. The van der Waals surface area contributed by atoms with Crippen LogP contribution in [-0.2, 0) is 4.74 Å². The number of aryl methyl sites for hydroxylation is 1. The molecule has 0 aliphatic carbocycles. The summed E-state index contributed by atoms with van der Waals surface area (Å²) < 4.78 is 22.4. The zero-order valence-corrected chi connectivity index (χ0v) is 9.50. The van der Waals surface area contributed by atoms with Gasteiger partial charge in [-0.2, -0.15) is 0 Å². The van der Waals surface area contributed by atoms with E-state index in [1.807, 2.05) is 0 Å². The Bertz CT molecular complexity index is 461. The smallest absolute Gasteiger partial charge is 0.340 e. The van der Waals surface area contributed by atoms with Crippen molar-refractivity contribution in [2.45, 2.75) is 6.92 Å². The number of hydrogen-bond acceptors (Lipinski definition) is 5. The molecular formula is C11H12FNO4. The summed E-state index contributed by atoms with van der Waals surface area (Å²) in [6.45, 7) is 2.59. The van der Waals surface area contributed by atoms with Gasteiger partial charge in [-0.15, -0.1) is 0 Å². The lowest BCUT2D eigenvalue weighted by Gasteiger charge is -2.23. The number of carbonyl (C=O) groups is 1. The molecule has 0 radical (unpaired) electrons. The van der Waals surface area contributed by atoms with Crippen molar-refractivity contribution >= 4 is 11.7 Å². The summed E-state index contributed by atoms with van der Waals surface area (Å²) in [4.78, 5) is 15.4. The predicted octanol–water partition coefficient (Wildman–Crippen LogP) is 1.85. The first kappa shape index (κ1) is 11.5. The summed E-state index contributed by atoms with van der Waals surface area (Å²) in [6, 6.07) is 1.40. The lowest BCUT2D eigenvalue weighted by atomic mass is 10.0. The molecular weight excluding hydrogens is 229 g/mol. The molecule has 17 heavy (non-hydrogen) atoms. The molecule has 1 aromatic carbocycles. The summed E-state index contributed by atoms with van der Waals surface area (Å²) in [5.74, 6) is -0.343. The minimum atomic E-state index is -0.498. The minimum absolute atomic E-state index is 0.0441. The maximum absolute atomic E-state index is 12.4. The number of anilines is 1. The molecule has 92 valence electrons. The molecule has 0 unspecified atom stereocenters. The van der Waals surface area contributed by atoms with Crippen molar-refractivity contribution in [3.05, 3.63) is 17.2 Å². The highest BCUT2D eigenvalue weighted by molar-refractivity contribution is 5.99. The molecule has 1 aromatic rings. The zero-order chi connectivity index (χ0) is 12.4. The number of methoxy groups -OCH3 is 1. The molecule has 1 aliphatic rings. The van der Waals surface area contributed by atoms with Crippen molar-refractivity contribution in [1.29, 1.82) is 0 Å². The Hall–Kier alpha value is -1.98. The maximum atomic E-state index is 12.4. The van der Waals surface area contributed by atoms with E-state index in [1.54, 1.807) is 6.92 Å². The van der Waals surface area contributed by atoms with Gasteiger partial charge in [-0.1, -0.05) is 0 Å². The Kier molecular flexibility index (Phi) is 3.03. The zero-order valence-electron chi connectivity index (χ0n) is 9.50. The highest BCUT2D eigenvalue weighted by Crippen LogP contribution is 2.42. The molecule has 0 atom stereocenters. The van der Waals surface area contributed by atoms with E-state index in [0.717, 1.165) is 0 Å². The van der Waals surface area contributed by atoms with Crippen LogP contribution >= 0.6 is 0 Å². The molecule has 0 bridgehead atoms. The molecule has 0 saturated heterocycles. The molecule has 6 heteroatoms. The largest absolute Gasteiger partial charge is 0.486 e. The van der Waals surface area contributed by atoms with Crippen LogP contribution < -0.4 is 15.0 Å². The van der Waals surface area contributed by atoms with Gasteiger partial charge in [-0.05, 0) is 18.6 Å². The number of halogens is 1. The molecule has 1 N–H and O–H groups in total. The van der Waals surface area contributed by atoms with Crippen molar-refractivity contribution in [1.82, 2.24) is 0 Å². The van der Waals surface area contributed by atoms with Crippen molar-refractivity contribution in [3.8, 4) is 11.5 Å². The molecule has 1 aliphatic heterocycles. The lowest BCUT2D eigenvalue weighted by Crippen LogP contribution is -2.22. The highest BCUT2D eigenvalue weighted by atomic mass is 19.3. The van der Waals surface area contributed by atoms with E-state index < -0.39 is 5.97 Å². The summed E-state index contributed by atoms with van der Waals surface area (Å²) in [5, 5.41) is 2.99. The number of hydrogen-bond donors (Lipinski definition) is 1. The lowest BCUT2D eigenvalue weighted by molar-refractivity contribution is -0.00970. The fraction of sp³-hybridized carbons (Fsp3) is 0.364. The summed E-state index contributed by atoms with van der Waals surface area (Å²) >= 11 is 0. The Morgan fingerprint density at radius 1 is 1.59 bits per heavy atom. The summed E-state index contributed by atoms with van der Waals surface area (Å²) in [6.07, 6.45) is 0. The van der Waals surface area contributed by atoms with Gasteiger partial charge in [0.25, 0.3) is 0 Å². The van der Waals surface area contributed by atoms with Crippen LogP contribution in [0.3, 0.4) is 0 Å². The summed E-state index contributed by atoms with van der Waals surface area (Å²) in [5.41, 5.74) is 1.31. The first-order valence-electron chi connectivity index (χ1n) is 5.10. The van der Waals surface area contributed by atoms with Crippen molar-refractivity contribution in [2.24, 2.45) is 0 Å². The highest BCUT2D eigenvalue weighted by Gasteiger charge is 2.26. The second kappa shape index (κ2) is 4.48. The Morgan fingerprint density at radius 2 is 2.35 bits per heavy atom. The van der Waals surface area contributed by atoms with E-state index in [-0.39, 0.29) is 11.5 Å². The Morgan fingerprint density at radius 3 is 3.00 bits per heavy atom. The first-order chi connectivity index (χ1) is 8.19.